The third-order valence-corrected chi connectivity index (χ3v) is 2.61. The molecule has 1 aliphatic heterocycles. The van der Waals surface area contributed by atoms with Gasteiger partial charge in [-0.15, -0.1) is 0 Å². The van der Waals surface area contributed by atoms with E-state index in [9.17, 15) is 4.79 Å². The number of carbonyl (C=O) groups is 1. The molecule has 4 nitrogen and oxygen atoms in total. The summed E-state index contributed by atoms with van der Waals surface area (Å²) in [5.41, 5.74) is 1.08. The molecule has 1 fully saturated rings. The third kappa shape index (κ3) is 2.26. The molecule has 0 spiro atoms. The monoisotopic (exact) mass is 206 g/mol. The first-order chi connectivity index (χ1) is 7.29. The number of hydrogen-bond donors (Lipinski definition) is 0. The minimum absolute atomic E-state index is 0.354. The number of carbonyl (C=O) groups excluding carboxylic acids is 1. The average molecular weight is 206 g/mol. The molecule has 4 heteroatoms. The Morgan fingerprint density at radius 2 is 2.13 bits per heavy atom. The van der Waals surface area contributed by atoms with Crippen LogP contribution in [0.15, 0.2) is 18.3 Å². The maximum absolute atomic E-state index is 11.1. The molecule has 0 bridgehead atoms. The van der Waals surface area contributed by atoms with E-state index in [1.54, 1.807) is 13.3 Å². The Kier molecular flexibility index (Phi) is 2.85. The standard InChI is InChI=1S/C11H14N2O2/c1-15-11-8-9(2-5-12-11)13-6-3-10(14)4-7-13/h2,5,8H,3-4,6-7H2,1H3. The van der Waals surface area contributed by atoms with Gasteiger partial charge < -0.3 is 9.64 Å². The fourth-order valence-electron chi connectivity index (χ4n) is 1.72. The number of ether oxygens (including phenoxy) is 1. The topological polar surface area (TPSA) is 42.4 Å². The SMILES string of the molecule is COc1cc(N2CCC(=O)CC2)ccn1. The van der Waals surface area contributed by atoms with Crippen LogP contribution in [0, 0.1) is 0 Å². The largest absolute Gasteiger partial charge is 0.481 e. The van der Waals surface area contributed by atoms with E-state index in [1.165, 1.54) is 0 Å². The molecule has 0 radical (unpaired) electrons. The van der Waals surface area contributed by atoms with Crippen molar-refractivity contribution in [3.63, 3.8) is 0 Å². The fraction of sp³-hybridized carbons (Fsp3) is 0.455. The number of pyridine rings is 1. The molecular formula is C11H14N2O2. The van der Waals surface area contributed by atoms with Crippen molar-refractivity contribution in [3.05, 3.63) is 18.3 Å². The van der Waals surface area contributed by atoms with Gasteiger partial charge in [0.2, 0.25) is 5.88 Å². The van der Waals surface area contributed by atoms with Crippen molar-refractivity contribution in [1.29, 1.82) is 0 Å². The smallest absolute Gasteiger partial charge is 0.214 e. The second-order valence-corrected chi connectivity index (χ2v) is 3.58. The average Bonchev–Trinajstić information content (AvgIpc) is 2.30. The molecule has 0 amide bonds. The number of anilines is 1. The van der Waals surface area contributed by atoms with Crippen molar-refractivity contribution in [3.8, 4) is 5.88 Å². The molecule has 1 aromatic rings. The van der Waals surface area contributed by atoms with Crippen molar-refractivity contribution >= 4 is 11.5 Å². The lowest BCUT2D eigenvalue weighted by Gasteiger charge is -2.28. The highest BCUT2D eigenvalue weighted by Crippen LogP contribution is 2.21. The van der Waals surface area contributed by atoms with Crippen LogP contribution in [-0.2, 0) is 4.79 Å². The molecular weight excluding hydrogens is 192 g/mol. The lowest BCUT2D eigenvalue weighted by molar-refractivity contribution is -0.119. The third-order valence-electron chi connectivity index (χ3n) is 2.61. The van der Waals surface area contributed by atoms with E-state index in [0.29, 0.717) is 24.5 Å². The van der Waals surface area contributed by atoms with Crippen molar-refractivity contribution in [1.82, 2.24) is 4.98 Å². The first kappa shape index (κ1) is 9.96. The predicted octanol–water partition coefficient (Wildman–Crippen LogP) is 1.26. The number of ketones is 1. The Labute approximate surface area is 88.9 Å². The van der Waals surface area contributed by atoms with Crippen LogP contribution in [0.3, 0.4) is 0 Å². The van der Waals surface area contributed by atoms with Gasteiger partial charge in [-0.25, -0.2) is 4.98 Å². The van der Waals surface area contributed by atoms with Crippen LogP contribution in [0.25, 0.3) is 0 Å². The minimum atomic E-state index is 0.354. The highest BCUT2D eigenvalue weighted by Gasteiger charge is 2.16. The molecule has 0 atom stereocenters. The number of aromatic nitrogens is 1. The second kappa shape index (κ2) is 4.29. The van der Waals surface area contributed by atoms with Crippen LogP contribution >= 0.6 is 0 Å². The number of piperidine rings is 1. The summed E-state index contributed by atoms with van der Waals surface area (Å²) in [5, 5.41) is 0. The van der Waals surface area contributed by atoms with Gasteiger partial charge in [-0.1, -0.05) is 0 Å². The van der Waals surface area contributed by atoms with Crippen molar-refractivity contribution in [2.24, 2.45) is 0 Å². The first-order valence-electron chi connectivity index (χ1n) is 5.06. The van der Waals surface area contributed by atoms with Gasteiger partial charge in [-0.3, -0.25) is 4.79 Å². The fourth-order valence-corrected chi connectivity index (χ4v) is 1.72. The van der Waals surface area contributed by atoms with Gasteiger partial charge in [0.1, 0.15) is 5.78 Å². The maximum Gasteiger partial charge on any atom is 0.214 e. The Hall–Kier alpha value is -1.58. The van der Waals surface area contributed by atoms with E-state index in [2.05, 4.69) is 9.88 Å². The zero-order valence-corrected chi connectivity index (χ0v) is 8.77. The molecule has 0 aromatic carbocycles. The van der Waals surface area contributed by atoms with E-state index in [0.717, 1.165) is 18.8 Å². The molecule has 15 heavy (non-hydrogen) atoms. The quantitative estimate of drug-likeness (QED) is 0.730. The minimum Gasteiger partial charge on any atom is -0.481 e. The number of methoxy groups -OCH3 is 1. The zero-order valence-electron chi connectivity index (χ0n) is 8.77. The molecule has 0 unspecified atom stereocenters. The van der Waals surface area contributed by atoms with Crippen LogP contribution in [0.4, 0.5) is 5.69 Å². The number of Topliss-reactive ketones (excluding diaryl/α,β-unsaturated/α-hetero) is 1. The normalized spacial score (nSPS) is 16.6. The molecule has 2 rings (SSSR count). The van der Waals surface area contributed by atoms with Gasteiger partial charge in [-0.2, -0.15) is 0 Å². The van der Waals surface area contributed by atoms with E-state index in [4.69, 9.17) is 4.74 Å². The summed E-state index contributed by atoms with van der Waals surface area (Å²) in [7, 11) is 1.60. The summed E-state index contributed by atoms with van der Waals surface area (Å²) in [6.45, 7) is 1.60. The Balaban J connectivity index is 2.11. The molecule has 1 aliphatic rings. The van der Waals surface area contributed by atoms with E-state index in [-0.39, 0.29) is 0 Å². The van der Waals surface area contributed by atoms with Crippen LogP contribution in [-0.4, -0.2) is 31.0 Å². The highest BCUT2D eigenvalue weighted by molar-refractivity contribution is 5.81. The van der Waals surface area contributed by atoms with Gasteiger partial charge in [-0.05, 0) is 6.07 Å². The lowest BCUT2D eigenvalue weighted by Crippen LogP contribution is -2.33. The summed E-state index contributed by atoms with van der Waals surface area (Å²) in [5.74, 6) is 0.969. The number of rotatable bonds is 2. The van der Waals surface area contributed by atoms with Gasteiger partial charge >= 0.3 is 0 Å². The molecule has 80 valence electrons. The molecule has 1 aromatic heterocycles. The van der Waals surface area contributed by atoms with E-state index < -0.39 is 0 Å². The maximum atomic E-state index is 11.1. The number of nitrogens with zero attached hydrogens (tertiary/aromatic N) is 2. The van der Waals surface area contributed by atoms with Crippen LogP contribution in [0.2, 0.25) is 0 Å². The van der Waals surface area contributed by atoms with Crippen molar-refractivity contribution in [2.75, 3.05) is 25.1 Å². The summed E-state index contributed by atoms with van der Waals surface area (Å²) in [4.78, 5) is 17.3. The van der Waals surface area contributed by atoms with Gasteiger partial charge in [0.15, 0.2) is 0 Å². The molecule has 2 heterocycles. The van der Waals surface area contributed by atoms with Crippen LogP contribution < -0.4 is 9.64 Å². The summed E-state index contributed by atoms with van der Waals surface area (Å²) in [6.07, 6.45) is 3.01. The van der Waals surface area contributed by atoms with Gasteiger partial charge in [0.25, 0.3) is 0 Å². The Bertz CT molecular complexity index is 355. The first-order valence-corrected chi connectivity index (χ1v) is 5.06. The molecule has 0 N–H and O–H groups in total. The Morgan fingerprint density at radius 1 is 1.40 bits per heavy atom. The molecule has 0 aliphatic carbocycles. The van der Waals surface area contributed by atoms with Crippen LogP contribution in [0.5, 0.6) is 5.88 Å². The van der Waals surface area contributed by atoms with E-state index >= 15 is 0 Å². The summed E-state index contributed by atoms with van der Waals surface area (Å²) >= 11 is 0. The van der Waals surface area contributed by atoms with Crippen molar-refractivity contribution in [2.45, 2.75) is 12.8 Å². The van der Waals surface area contributed by atoms with Crippen LogP contribution in [0.1, 0.15) is 12.8 Å². The van der Waals surface area contributed by atoms with Gasteiger partial charge in [0, 0.05) is 43.9 Å². The lowest BCUT2D eigenvalue weighted by atomic mass is 10.1. The summed E-state index contributed by atoms with van der Waals surface area (Å²) < 4.78 is 5.06. The van der Waals surface area contributed by atoms with Crippen molar-refractivity contribution < 1.29 is 9.53 Å². The number of hydrogen-bond acceptors (Lipinski definition) is 4. The second-order valence-electron chi connectivity index (χ2n) is 3.58. The molecule has 1 saturated heterocycles. The summed E-state index contributed by atoms with van der Waals surface area (Å²) in [6, 6.07) is 3.84. The van der Waals surface area contributed by atoms with Gasteiger partial charge in [0.05, 0.1) is 7.11 Å². The van der Waals surface area contributed by atoms with E-state index in [1.807, 2.05) is 12.1 Å². The predicted molar refractivity (Wildman–Crippen MR) is 57.2 cm³/mol. The molecule has 0 saturated carbocycles. The zero-order chi connectivity index (χ0) is 10.7. The highest BCUT2D eigenvalue weighted by atomic mass is 16.5. The Morgan fingerprint density at radius 3 is 2.80 bits per heavy atom.